The molecule has 1 aliphatic heterocycles. The number of carboxylic acid groups (broad SMARTS) is 1. The number of para-hydroxylation sites is 1. The number of anilines is 1. The van der Waals surface area contributed by atoms with Crippen molar-refractivity contribution in [2.24, 2.45) is 0 Å². The number of aliphatic carboxylic acids is 1. The van der Waals surface area contributed by atoms with Gasteiger partial charge in [-0.3, -0.25) is 9.69 Å². The minimum absolute atomic E-state index is 0.194. The van der Waals surface area contributed by atoms with Gasteiger partial charge >= 0.3 is 12.0 Å². The lowest BCUT2D eigenvalue weighted by atomic mass is 10.1. The molecular formula is C13H15N3O4. The largest absolute Gasteiger partial charge is 0.480 e. The monoisotopic (exact) mass is 277 g/mol. The van der Waals surface area contributed by atoms with E-state index in [4.69, 9.17) is 0 Å². The first kappa shape index (κ1) is 13.9. The third kappa shape index (κ3) is 2.56. The number of urea groups is 1. The molecule has 0 saturated heterocycles. The number of nitrogens with zero attached hydrogens (tertiary/aromatic N) is 1. The molecule has 1 aromatic carbocycles. The number of fused-ring (bicyclic) bond motifs is 1. The lowest BCUT2D eigenvalue weighted by Crippen LogP contribution is -2.49. The molecule has 1 aromatic rings. The van der Waals surface area contributed by atoms with Crippen LogP contribution in [0.1, 0.15) is 5.56 Å². The number of carbonyl (C=O) groups is 3. The van der Waals surface area contributed by atoms with E-state index in [0.29, 0.717) is 5.69 Å². The highest BCUT2D eigenvalue weighted by molar-refractivity contribution is 6.02. The van der Waals surface area contributed by atoms with E-state index in [0.717, 1.165) is 5.56 Å². The van der Waals surface area contributed by atoms with E-state index >= 15 is 0 Å². The molecule has 7 heteroatoms. The summed E-state index contributed by atoms with van der Waals surface area (Å²) in [6, 6.07) is 5.48. The molecule has 1 aliphatic rings. The number of carbonyl (C=O) groups excluding carboxylic acids is 2. The van der Waals surface area contributed by atoms with Crippen molar-refractivity contribution in [1.29, 1.82) is 0 Å². The molecule has 0 aliphatic carbocycles. The average molecular weight is 277 g/mol. The number of likely N-dealkylation sites (N-methyl/N-ethyl adjacent to an activating group) is 1. The van der Waals surface area contributed by atoms with E-state index < -0.39 is 18.0 Å². The van der Waals surface area contributed by atoms with E-state index in [1.807, 2.05) is 0 Å². The van der Waals surface area contributed by atoms with Gasteiger partial charge in [-0.2, -0.15) is 0 Å². The fraction of sp³-hybridized carbons (Fsp3) is 0.308. The molecule has 0 spiro atoms. The van der Waals surface area contributed by atoms with Crippen LogP contribution in [0.3, 0.4) is 0 Å². The molecule has 0 bridgehead atoms. The molecule has 20 heavy (non-hydrogen) atoms. The van der Waals surface area contributed by atoms with Gasteiger partial charge < -0.3 is 15.7 Å². The summed E-state index contributed by atoms with van der Waals surface area (Å²) in [7, 11) is 1.46. The van der Waals surface area contributed by atoms with Crippen molar-refractivity contribution in [3.63, 3.8) is 0 Å². The second kappa shape index (κ2) is 5.60. The van der Waals surface area contributed by atoms with Crippen molar-refractivity contribution in [2.75, 3.05) is 18.5 Å². The quantitative estimate of drug-likeness (QED) is 0.721. The van der Waals surface area contributed by atoms with Gasteiger partial charge in [-0.15, -0.1) is 0 Å². The van der Waals surface area contributed by atoms with Crippen LogP contribution >= 0.6 is 0 Å². The molecule has 0 fully saturated rings. The maximum absolute atomic E-state index is 12.1. The Morgan fingerprint density at radius 2 is 2.05 bits per heavy atom. The first-order valence-corrected chi connectivity index (χ1v) is 6.13. The van der Waals surface area contributed by atoms with Gasteiger partial charge in [0.15, 0.2) is 0 Å². The van der Waals surface area contributed by atoms with Gasteiger partial charge in [-0.25, -0.2) is 9.59 Å². The smallest absolute Gasteiger partial charge is 0.327 e. The van der Waals surface area contributed by atoms with Crippen molar-refractivity contribution >= 4 is 23.6 Å². The van der Waals surface area contributed by atoms with E-state index in [1.54, 1.807) is 24.3 Å². The number of hydrogen-bond acceptors (Lipinski definition) is 3. The Hall–Kier alpha value is -2.57. The summed E-state index contributed by atoms with van der Waals surface area (Å²) in [5, 5.41) is 14.0. The molecular weight excluding hydrogens is 262 g/mol. The minimum Gasteiger partial charge on any atom is -0.480 e. The summed E-state index contributed by atoms with van der Waals surface area (Å²) in [4.78, 5) is 35.7. The Balaban J connectivity index is 2.20. The molecule has 106 valence electrons. The van der Waals surface area contributed by atoms with Gasteiger partial charge in [0.1, 0.15) is 6.04 Å². The van der Waals surface area contributed by atoms with Gasteiger partial charge in [0.25, 0.3) is 0 Å². The third-order valence-corrected chi connectivity index (χ3v) is 3.16. The number of amides is 3. The minimum atomic E-state index is -1.07. The molecule has 0 unspecified atom stereocenters. The zero-order valence-electron chi connectivity index (χ0n) is 10.9. The van der Waals surface area contributed by atoms with E-state index in [-0.39, 0.29) is 18.9 Å². The highest BCUT2D eigenvalue weighted by Gasteiger charge is 2.38. The molecule has 0 saturated carbocycles. The van der Waals surface area contributed by atoms with Crippen LogP contribution in [0.25, 0.3) is 0 Å². The molecule has 3 amide bonds. The lowest BCUT2D eigenvalue weighted by molar-refractivity contribution is -0.138. The average Bonchev–Trinajstić information content (AvgIpc) is 2.84. The maximum atomic E-state index is 12.1. The van der Waals surface area contributed by atoms with Crippen molar-refractivity contribution in [2.45, 2.75) is 12.5 Å². The van der Waals surface area contributed by atoms with Crippen LogP contribution in [-0.4, -0.2) is 42.6 Å². The predicted molar refractivity (Wildman–Crippen MR) is 71.5 cm³/mol. The van der Waals surface area contributed by atoms with Crippen LogP contribution in [0.15, 0.2) is 24.3 Å². The molecule has 1 atom stereocenters. The topological polar surface area (TPSA) is 98.7 Å². The van der Waals surface area contributed by atoms with Crippen molar-refractivity contribution in [3.05, 3.63) is 29.8 Å². The van der Waals surface area contributed by atoms with Crippen LogP contribution in [0, 0.1) is 0 Å². The van der Waals surface area contributed by atoms with Crippen LogP contribution in [0.2, 0.25) is 0 Å². The number of hydrogen-bond donors (Lipinski definition) is 3. The molecule has 3 N–H and O–H groups in total. The van der Waals surface area contributed by atoms with E-state index in [9.17, 15) is 19.5 Å². The van der Waals surface area contributed by atoms with E-state index in [2.05, 4.69) is 10.6 Å². The predicted octanol–water partition coefficient (Wildman–Crippen LogP) is -0.0421. The van der Waals surface area contributed by atoms with Gasteiger partial charge in [0, 0.05) is 19.2 Å². The molecule has 1 heterocycles. The second-order valence-electron chi connectivity index (χ2n) is 4.39. The number of carboxylic acids is 1. The summed E-state index contributed by atoms with van der Waals surface area (Å²) in [5.74, 6) is -1.42. The Morgan fingerprint density at radius 1 is 1.35 bits per heavy atom. The fourth-order valence-electron chi connectivity index (χ4n) is 2.16. The Kier molecular flexibility index (Phi) is 3.88. The van der Waals surface area contributed by atoms with Gasteiger partial charge in [0.2, 0.25) is 5.91 Å². The summed E-state index contributed by atoms with van der Waals surface area (Å²) < 4.78 is 0. The van der Waals surface area contributed by atoms with Crippen LogP contribution in [0.4, 0.5) is 10.5 Å². The summed E-state index contributed by atoms with van der Waals surface area (Å²) in [6.07, 6.45) is 0.263. The zero-order valence-corrected chi connectivity index (χ0v) is 10.9. The molecule has 2 rings (SSSR count). The highest BCUT2D eigenvalue weighted by Crippen LogP contribution is 2.31. The van der Waals surface area contributed by atoms with Crippen molar-refractivity contribution in [3.8, 4) is 0 Å². The van der Waals surface area contributed by atoms with Crippen LogP contribution in [0.5, 0.6) is 0 Å². The molecule has 0 radical (unpaired) electrons. The van der Waals surface area contributed by atoms with Crippen LogP contribution in [-0.2, 0) is 16.0 Å². The number of nitrogens with one attached hydrogen (secondary N) is 2. The second-order valence-corrected chi connectivity index (χ2v) is 4.39. The maximum Gasteiger partial charge on any atom is 0.327 e. The fourth-order valence-corrected chi connectivity index (χ4v) is 2.16. The molecule has 7 nitrogen and oxygen atoms in total. The Bertz CT molecular complexity index is 558. The van der Waals surface area contributed by atoms with Gasteiger partial charge in [-0.1, -0.05) is 18.2 Å². The normalized spacial score (nSPS) is 16.4. The van der Waals surface area contributed by atoms with Gasteiger partial charge in [0.05, 0.1) is 6.54 Å². The standard InChI is InChI=1S/C13H15N3O4/c1-14-11(17)7-15-13(20)16-9-5-3-2-4-8(9)6-10(16)12(18)19/h2-5,10H,6-7H2,1H3,(H,14,17)(H,15,20)(H,18,19)/t10-/m0/s1. The zero-order chi connectivity index (χ0) is 14.7. The summed E-state index contributed by atoms with van der Waals surface area (Å²) in [5.41, 5.74) is 1.37. The Morgan fingerprint density at radius 3 is 2.70 bits per heavy atom. The number of benzene rings is 1. The third-order valence-electron chi connectivity index (χ3n) is 3.16. The van der Waals surface area contributed by atoms with Crippen molar-refractivity contribution < 1.29 is 19.5 Å². The van der Waals surface area contributed by atoms with Crippen LogP contribution < -0.4 is 15.5 Å². The number of rotatable bonds is 3. The van der Waals surface area contributed by atoms with E-state index in [1.165, 1.54) is 11.9 Å². The summed E-state index contributed by atoms with van der Waals surface area (Å²) >= 11 is 0. The first-order chi connectivity index (χ1) is 9.54. The van der Waals surface area contributed by atoms with Crippen molar-refractivity contribution in [1.82, 2.24) is 10.6 Å². The highest BCUT2D eigenvalue weighted by atomic mass is 16.4. The summed E-state index contributed by atoms with van der Waals surface area (Å²) in [6.45, 7) is -0.194. The SMILES string of the molecule is CNC(=O)CNC(=O)N1c2ccccc2C[C@H]1C(=O)O. The Labute approximate surface area is 115 Å². The lowest BCUT2D eigenvalue weighted by Gasteiger charge is -2.22. The van der Waals surface area contributed by atoms with Gasteiger partial charge in [-0.05, 0) is 11.6 Å². The first-order valence-electron chi connectivity index (χ1n) is 6.13. The molecule has 0 aromatic heterocycles.